The van der Waals surface area contributed by atoms with Crippen molar-refractivity contribution in [1.29, 1.82) is 0 Å². The van der Waals surface area contributed by atoms with Gasteiger partial charge in [0.1, 0.15) is 17.6 Å². The number of nitrogens with zero attached hydrogens (tertiary/aromatic N) is 5. The lowest BCUT2D eigenvalue weighted by molar-refractivity contribution is -0.148. The normalized spacial score (nSPS) is 25.5. The number of carboxylic acid groups (broad SMARTS) is 1. The van der Waals surface area contributed by atoms with Crippen LogP contribution in [0.25, 0.3) is 0 Å². The fourth-order valence-electron chi connectivity index (χ4n) is 3.59. The van der Waals surface area contributed by atoms with Gasteiger partial charge >= 0.3 is 12.0 Å². The predicted molar refractivity (Wildman–Crippen MR) is 85.0 cm³/mol. The number of likely N-dealkylation sites (tertiary alicyclic amines) is 1. The highest BCUT2D eigenvalue weighted by atomic mass is 16.5. The molecular weight excluding hydrogens is 314 g/mol. The Morgan fingerprint density at radius 1 is 1.33 bits per heavy atom. The highest BCUT2D eigenvalue weighted by molar-refractivity contribution is 5.81. The second-order valence-electron chi connectivity index (χ2n) is 6.51. The number of aromatic nitrogens is 2. The molecule has 2 atom stereocenters. The van der Waals surface area contributed by atoms with Crippen LogP contribution in [-0.4, -0.2) is 84.3 Å². The maximum absolute atomic E-state index is 12.2. The lowest BCUT2D eigenvalue weighted by Gasteiger charge is -2.27. The molecule has 24 heavy (non-hydrogen) atoms. The molecule has 9 nitrogen and oxygen atoms in total. The molecule has 3 heterocycles. The number of hydrogen-bond acceptors (Lipinski definition) is 6. The summed E-state index contributed by atoms with van der Waals surface area (Å²) in [5.74, 6) is 0.0677. The first-order chi connectivity index (χ1) is 11.4. The van der Waals surface area contributed by atoms with E-state index in [1.54, 1.807) is 25.1 Å². The van der Waals surface area contributed by atoms with Gasteiger partial charge in [0.2, 0.25) is 5.88 Å². The summed E-state index contributed by atoms with van der Waals surface area (Å²) >= 11 is 0. The quantitative estimate of drug-likeness (QED) is 0.829. The number of carbonyl (C=O) groups excluding carboxylic acids is 1. The van der Waals surface area contributed by atoms with Crippen LogP contribution in [0.1, 0.15) is 0 Å². The van der Waals surface area contributed by atoms with E-state index in [9.17, 15) is 14.7 Å². The standard InChI is InChI=1S/C15H21N5O4/c1-18(2)14(23)20-6-10-5-19(7-15(10,8-20)13(21)22)11-4-12(24-3)17-9-16-11/h4,9-10H,5-8H2,1-3H3,(H,21,22)/t10-,15-/m1/s1. The van der Waals surface area contributed by atoms with Gasteiger partial charge in [-0.1, -0.05) is 0 Å². The molecule has 0 spiro atoms. The van der Waals surface area contributed by atoms with Crippen LogP contribution in [-0.2, 0) is 4.79 Å². The van der Waals surface area contributed by atoms with Crippen LogP contribution in [0.5, 0.6) is 5.88 Å². The van der Waals surface area contributed by atoms with E-state index in [-0.39, 0.29) is 18.5 Å². The van der Waals surface area contributed by atoms with Gasteiger partial charge in [-0.15, -0.1) is 0 Å². The van der Waals surface area contributed by atoms with Gasteiger partial charge in [0.25, 0.3) is 0 Å². The van der Waals surface area contributed by atoms with E-state index in [0.29, 0.717) is 31.3 Å². The summed E-state index contributed by atoms with van der Waals surface area (Å²) in [7, 11) is 4.86. The zero-order chi connectivity index (χ0) is 17.5. The van der Waals surface area contributed by atoms with Gasteiger partial charge in [0.15, 0.2) is 0 Å². The van der Waals surface area contributed by atoms with Crippen molar-refractivity contribution < 1.29 is 19.4 Å². The largest absolute Gasteiger partial charge is 0.481 e. The molecule has 2 fully saturated rings. The zero-order valence-electron chi connectivity index (χ0n) is 14.0. The monoisotopic (exact) mass is 335 g/mol. The predicted octanol–water partition coefficient (Wildman–Crippen LogP) is -0.0104. The van der Waals surface area contributed by atoms with Gasteiger partial charge < -0.3 is 24.5 Å². The van der Waals surface area contributed by atoms with E-state index < -0.39 is 11.4 Å². The summed E-state index contributed by atoms with van der Waals surface area (Å²) in [6, 6.07) is 1.54. The molecule has 2 amide bonds. The Bertz CT molecular complexity index is 667. The molecule has 3 rings (SSSR count). The first-order valence-corrected chi connectivity index (χ1v) is 7.68. The van der Waals surface area contributed by atoms with Gasteiger partial charge in [-0.05, 0) is 0 Å². The van der Waals surface area contributed by atoms with Gasteiger partial charge in [-0.2, -0.15) is 0 Å². The lowest BCUT2D eigenvalue weighted by Crippen LogP contribution is -2.44. The number of fused-ring (bicyclic) bond motifs is 1. The highest BCUT2D eigenvalue weighted by Crippen LogP contribution is 2.44. The molecule has 1 N–H and O–H groups in total. The molecule has 2 aliphatic heterocycles. The van der Waals surface area contributed by atoms with Crippen molar-refractivity contribution in [3.8, 4) is 5.88 Å². The molecule has 1 aromatic rings. The summed E-state index contributed by atoms with van der Waals surface area (Å²) in [4.78, 5) is 37.4. The van der Waals surface area contributed by atoms with Crippen LogP contribution in [0.3, 0.4) is 0 Å². The highest BCUT2D eigenvalue weighted by Gasteiger charge is 2.59. The number of hydrogen-bond donors (Lipinski definition) is 1. The van der Waals surface area contributed by atoms with Gasteiger partial charge in [-0.25, -0.2) is 14.8 Å². The number of carbonyl (C=O) groups is 2. The number of ether oxygens (including phenoxy) is 1. The van der Waals surface area contributed by atoms with Crippen LogP contribution in [0.4, 0.5) is 10.6 Å². The maximum atomic E-state index is 12.2. The van der Waals surface area contributed by atoms with Crippen molar-refractivity contribution in [2.24, 2.45) is 11.3 Å². The summed E-state index contributed by atoms with van der Waals surface area (Å²) < 4.78 is 5.10. The maximum Gasteiger partial charge on any atom is 0.319 e. The van der Waals surface area contributed by atoms with E-state index in [1.807, 2.05) is 4.90 Å². The number of aliphatic carboxylic acids is 1. The molecule has 0 unspecified atom stereocenters. The summed E-state index contributed by atoms with van der Waals surface area (Å²) in [6.45, 7) is 1.48. The van der Waals surface area contributed by atoms with Crippen molar-refractivity contribution in [1.82, 2.24) is 19.8 Å². The summed E-state index contributed by atoms with van der Waals surface area (Å²) in [6.07, 6.45) is 1.40. The van der Waals surface area contributed by atoms with E-state index >= 15 is 0 Å². The van der Waals surface area contributed by atoms with Crippen LogP contribution >= 0.6 is 0 Å². The Morgan fingerprint density at radius 3 is 2.67 bits per heavy atom. The van der Waals surface area contributed by atoms with Crippen molar-refractivity contribution in [3.63, 3.8) is 0 Å². The fourth-order valence-corrected chi connectivity index (χ4v) is 3.59. The Hall–Kier alpha value is -2.58. The third kappa shape index (κ3) is 2.49. The average molecular weight is 335 g/mol. The number of amides is 2. The number of rotatable bonds is 3. The Balaban J connectivity index is 1.83. The third-order valence-electron chi connectivity index (χ3n) is 4.85. The van der Waals surface area contributed by atoms with Crippen LogP contribution in [0.2, 0.25) is 0 Å². The molecule has 0 aromatic carbocycles. The van der Waals surface area contributed by atoms with Crippen molar-refractivity contribution >= 4 is 17.8 Å². The minimum atomic E-state index is -0.968. The van der Waals surface area contributed by atoms with Crippen molar-refractivity contribution in [2.75, 3.05) is 52.3 Å². The van der Waals surface area contributed by atoms with E-state index in [0.717, 1.165) is 0 Å². The molecule has 9 heteroatoms. The lowest BCUT2D eigenvalue weighted by atomic mass is 9.81. The fraction of sp³-hybridized carbons (Fsp3) is 0.600. The van der Waals surface area contributed by atoms with Crippen molar-refractivity contribution in [3.05, 3.63) is 12.4 Å². The minimum absolute atomic E-state index is 0.139. The Morgan fingerprint density at radius 2 is 2.08 bits per heavy atom. The zero-order valence-corrected chi connectivity index (χ0v) is 14.0. The molecule has 0 aliphatic carbocycles. The summed E-state index contributed by atoms with van der Waals surface area (Å²) in [5.41, 5.74) is -0.968. The Kier molecular flexibility index (Phi) is 3.94. The van der Waals surface area contributed by atoms with E-state index in [4.69, 9.17) is 4.74 Å². The molecule has 2 aliphatic rings. The smallest absolute Gasteiger partial charge is 0.319 e. The Labute approximate surface area is 139 Å². The van der Waals surface area contributed by atoms with Crippen LogP contribution < -0.4 is 9.64 Å². The van der Waals surface area contributed by atoms with Gasteiger partial charge in [0.05, 0.1) is 7.11 Å². The molecule has 130 valence electrons. The van der Waals surface area contributed by atoms with Gasteiger partial charge in [-0.3, -0.25) is 4.79 Å². The van der Waals surface area contributed by atoms with Crippen LogP contribution in [0.15, 0.2) is 12.4 Å². The molecule has 0 saturated carbocycles. The molecule has 2 saturated heterocycles. The van der Waals surface area contributed by atoms with Gasteiger partial charge in [0, 0.05) is 52.3 Å². The topological polar surface area (TPSA) is 99.1 Å². The minimum Gasteiger partial charge on any atom is -0.481 e. The summed E-state index contributed by atoms with van der Waals surface area (Å²) in [5, 5.41) is 9.84. The first-order valence-electron chi connectivity index (χ1n) is 7.68. The van der Waals surface area contributed by atoms with E-state index in [2.05, 4.69) is 9.97 Å². The van der Waals surface area contributed by atoms with Crippen molar-refractivity contribution in [2.45, 2.75) is 0 Å². The molecular formula is C15H21N5O4. The average Bonchev–Trinajstić information content (AvgIpc) is 3.09. The molecule has 1 aromatic heterocycles. The number of methoxy groups -OCH3 is 1. The SMILES string of the molecule is COc1cc(N2C[C@@H]3CN(C(=O)N(C)C)C[C@]3(C(=O)O)C2)ncn1. The second kappa shape index (κ2) is 5.81. The van der Waals surface area contributed by atoms with E-state index in [1.165, 1.54) is 18.3 Å². The third-order valence-corrected chi connectivity index (χ3v) is 4.85. The molecule has 0 radical (unpaired) electrons. The van der Waals surface area contributed by atoms with Crippen LogP contribution in [0, 0.1) is 11.3 Å². The second-order valence-corrected chi connectivity index (χ2v) is 6.51. The molecule has 0 bridgehead atoms. The number of anilines is 1. The number of carboxylic acids is 1. The number of urea groups is 1. The first kappa shape index (κ1) is 16.3.